The van der Waals surface area contributed by atoms with Gasteiger partial charge in [-0.05, 0) is 60.2 Å². The summed E-state index contributed by atoms with van der Waals surface area (Å²) in [7, 11) is 1.58. The molecule has 0 radical (unpaired) electrons. The highest BCUT2D eigenvalue weighted by Gasteiger charge is 2.40. The Hall–Kier alpha value is -4.02. The maximum atomic E-state index is 13.7. The fraction of sp³-hybridized carbons (Fsp3) is 0.258. The van der Waals surface area contributed by atoms with Crippen molar-refractivity contribution in [2.75, 3.05) is 12.0 Å². The quantitative estimate of drug-likeness (QED) is 0.268. The molecule has 0 aliphatic carbocycles. The van der Waals surface area contributed by atoms with E-state index < -0.39 is 11.2 Å². The van der Waals surface area contributed by atoms with Crippen LogP contribution in [-0.2, 0) is 29.0 Å². The van der Waals surface area contributed by atoms with Crippen molar-refractivity contribution in [3.63, 3.8) is 0 Å². The molecule has 1 aliphatic heterocycles. The first-order valence-corrected chi connectivity index (χ1v) is 13.6. The number of carbonyl (C=O) groups excluding carboxylic acids is 2. The van der Waals surface area contributed by atoms with Crippen LogP contribution in [0.15, 0.2) is 89.5 Å². The molecule has 194 valence electrons. The number of nitrogens with zero attached hydrogens (tertiary/aromatic N) is 2. The topological polar surface area (TPSA) is 82.4 Å². The zero-order valence-electron chi connectivity index (χ0n) is 21.6. The van der Waals surface area contributed by atoms with Crippen molar-refractivity contribution in [3.05, 3.63) is 106 Å². The third-order valence-corrected chi connectivity index (χ3v) is 7.66. The van der Waals surface area contributed by atoms with E-state index in [2.05, 4.69) is 42.6 Å². The van der Waals surface area contributed by atoms with Crippen molar-refractivity contribution in [1.29, 1.82) is 5.26 Å². The number of methoxy groups -OCH3 is 1. The van der Waals surface area contributed by atoms with Gasteiger partial charge in [0.25, 0.3) is 5.91 Å². The number of carbonyl (C=O) groups is 2. The summed E-state index contributed by atoms with van der Waals surface area (Å²) in [5, 5.41) is 12.7. The number of ether oxygens (including phenoxy) is 1. The van der Waals surface area contributed by atoms with E-state index in [1.54, 1.807) is 31.4 Å². The number of rotatable bonds is 10. The zero-order chi connectivity index (χ0) is 26.9. The average Bonchev–Trinajstić information content (AvgIpc) is 3.27. The number of benzene rings is 3. The SMILES string of the molecule is CCCCc1ccc(CC2S/C(=C(/C#N)C(=O)NCc3ccccc3)N(c3ccc(OC)cc3)C2=O)cc1. The normalized spacial score (nSPS) is 16.2. The zero-order valence-corrected chi connectivity index (χ0v) is 22.5. The molecule has 1 unspecified atom stereocenters. The van der Waals surface area contributed by atoms with E-state index in [0.717, 1.165) is 30.4 Å². The highest BCUT2D eigenvalue weighted by molar-refractivity contribution is 8.05. The molecule has 1 aliphatic rings. The molecule has 3 aromatic rings. The first-order valence-electron chi connectivity index (χ1n) is 12.7. The van der Waals surface area contributed by atoms with E-state index in [0.29, 0.717) is 22.9 Å². The first kappa shape index (κ1) is 27.0. The van der Waals surface area contributed by atoms with Crippen LogP contribution in [-0.4, -0.2) is 24.2 Å². The fourth-order valence-electron chi connectivity index (χ4n) is 4.26. The van der Waals surface area contributed by atoms with Crippen LogP contribution in [0.5, 0.6) is 5.75 Å². The maximum Gasteiger partial charge on any atom is 0.264 e. The van der Waals surface area contributed by atoms with Gasteiger partial charge in [0.2, 0.25) is 5.91 Å². The molecular weight excluding hydrogens is 494 g/mol. The highest BCUT2D eigenvalue weighted by Crippen LogP contribution is 2.42. The van der Waals surface area contributed by atoms with Crippen LogP contribution in [0, 0.1) is 11.3 Å². The summed E-state index contributed by atoms with van der Waals surface area (Å²) in [4.78, 5) is 28.3. The Morgan fingerprint density at radius 2 is 1.68 bits per heavy atom. The summed E-state index contributed by atoms with van der Waals surface area (Å²) in [6.45, 7) is 2.46. The van der Waals surface area contributed by atoms with Gasteiger partial charge >= 0.3 is 0 Å². The summed E-state index contributed by atoms with van der Waals surface area (Å²) in [6.07, 6.45) is 3.82. The Balaban J connectivity index is 1.62. The number of nitriles is 1. The van der Waals surface area contributed by atoms with Gasteiger partial charge in [-0.25, -0.2) is 0 Å². The van der Waals surface area contributed by atoms with E-state index in [1.807, 2.05) is 30.3 Å². The van der Waals surface area contributed by atoms with Crippen LogP contribution in [0.1, 0.15) is 36.5 Å². The monoisotopic (exact) mass is 525 g/mol. The van der Waals surface area contributed by atoms with Gasteiger partial charge in [-0.2, -0.15) is 5.26 Å². The van der Waals surface area contributed by atoms with Crippen molar-refractivity contribution in [2.45, 2.75) is 44.4 Å². The minimum atomic E-state index is -0.508. The van der Waals surface area contributed by atoms with E-state index in [4.69, 9.17) is 4.74 Å². The van der Waals surface area contributed by atoms with E-state index in [-0.39, 0.29) is 18.0 Å². The number of hydrogen-bond donors (Lipinski definition) is 1. The highest BCUT2D eigenvalue weighted by atomic mass is 32.2. The van der Waals surface area contributed by atoms with E-state index in [9.17, 15) is 14.9 Å². The number of amides is 2. The second kappa shape index (κ2) is 13.0. The average molecular weight is 526 g/mol. The molecule has 0 bridgehead atoms. The van der Waals surface area contributed by atoms with Crippen LogP contribution in [0.3, 0.4) is 0 Å². The molecule has 1 heterocycles. The second-order valence-electron chi connectivity index (χ2n) is 9.06. The molecule has 38 heavy (non-hydrogen) atoms. The smallest absolute Gasteiger partial charge is 0.264 e. The van der Waals surface area contributed by atoms with Crippen molar-refractivity contribution < 1.29 is 14.3 Å². The van der Waals surface area contributed by atoms with Crippen LogP contribution in [0.25, 0.3) is 0 Å². The van der Waals surface area contributed by atoms with Crippen LogP contribution in [0.2, 0.25) is 0 Å². The van der Waals surface area contributed by atoms with Crippen molar-refractivity contribution >= 4 is 29.3 Å². The lowest BCUT2D eigenvalue weighted by Crippen LogP contribution is -2.32. The minimum Gasteiger partial charge on any atom is -0.497 e. The Bertz CT molecular complexity index is 1330. The maximum absolute atomic E-state index is 13.7. The van der Waals surface area contributed by atoms with Crippen molar-refractivity contribution in [3.8, 4) is 11.8 Å². The van der Waals surface area contributed by atoms with Crippen LogP contribution >= 0.6 is 11.8 Å². The number of anilines is 1. The molecule has 7 heteroatoms. The molecular formula is C31H31N3O3S. The Labute approximate surface area is 228 Å². The number of unbranched alkanes of at least 4 members (excludes halogenated alkanes) is 1. The van der Waals surface area contributed by atoms with Gasteiger partial charge in [0.1, 0.15) is 22.4 Å². The molecule has 2 amide bonds. The predicted octanol–water partition coefficient (Wildman–Crippen LogP) is 5.78. The summed E-state index contributed by atoms with van der Waals surface area (Å²) >= 11 is 1.27. The Morgan fingerprint density at radius 3 is 2.32 bits per heavy atom. The molecule has 1 saturated heterocycles. The second-order valence-corrected chi connectivity index (χ2v) is 10.3. The van der Waals surface area contributed by atoms with Crippen molar-refractivity contribution in [1.82, 2.24) is 5.32 Å². The summed E-state index contributed by atoms with van der Waals surface area (Å²) in [5.41, 5.74) is 3.75. The molecule has 1 fully saturated rings. The van der Waals surface area contributed by atoms with Gasteiger partial charge in [0.15, 0.2) is 0 Å². The van der Waals surface area contributed by atoms with Gasteiger partial charge in [-0.15, -0.1) is 0 Å². The molecule has 3 aromatic carbocycles. The predicted molar refractivity (Wildman–Crippen MR) is 152 cm³/mol. The van der Waals surface area contributed by atoms with E-state index in [1.165, 1.54) is 22.2 Å². The third kappa shape index (κ3) is 6.45. The molecule has 6 nitrogen and oxygen atoms in total. The lowest BCUT2D eigenvalue weighted by atomic mass is 10.0. The largest absolute Gasteiger partial charge is 0.497 e. The molecule has 1 atom stereocenters. The lowest BCUT2D eigenvalue weighted by molar-refractivity contribution is -0.117. The number of thioether (sulfide) groups is 1. The van der Waals surface area contributed by atoms with Crippen molar-refractivity contribution in [2.24, 2.45) is 0 Å². The standard InChI is InChI=1S/C31H31N3O3S/c1-3-4-8-22-11-13-23(14-12-22)19-28-30(36)34(25-15-17-26(37-2)18-16-25)31(38-28)27(20-32)29(35)33-21-24-9-6-5-7-10-24/h5-7,9-18,28H,3-4,8,19,21H2,1-2H3,(H,33,35)/b31-27-. The molecule has 4 rings (SSSR count). The molecule has 0 saturated carbocycles. The molecule has 0 aromatic heterocycles. The van der Waals surface area contributed by atoms with Gasteiger partial charge < -0.3 is 10.1 Å². The Morgan fingerprint density at radius 1 is 1.00 bits per heavy atom. The number of hydrogen-bond acceptors (Lipinski definition) is 5. The summed E-state index contributed by atoms with van der Waals surface area (Å²) in [6, 6.07) is 27.0. The lowest BCUT2D eigenvalue weighted by Gasteiger charge is -2.19. The Kier molecular flexibility index (Phi) is 9.23. The molecule has 1 N–H and O–H groups in total. The first-order chi connectivity index (χ1) is 18.5. The van der Waals surface area contributed by atoms with Gasteiger partial charge in [-0.1, -0.05) is 79.7 Å². The summed E-state index contributed by atoms with van der Waals surface area (Å²) in [5.74, 6) is -0.0145. The molecule has 0 spiro atoms. The number of nitrogens with one attached hydrogen (secondary N) is 1. The third-order valence-electron chi connectivity index (χ3n) is 6.40. The van der Waals surface area contributed by atoms with Gasteiger partial charge in [-0.3, -0.25) is 14.5 Å². The fourth-order valence-corrected chi connectivity index (χ4v) is 5.57. The van der Waals surface area contributed by atoms with Gasteiger partial charge in [0.05, 0.1) is 12.4 Å². The number of aryl methyl sites for hydroxylation is 1. The minimum absolute atomic E-state index is 0.0764. The van der Waals surface area contributed by atoms with Gasteiger partial charge in [0, 0.05) is 12.2 Å². The summed E-state index contributed by atoms with van der Waals surface area (Å²) < 4.78 is 5.26. The van der Waals surface area contributed by atoms with E-state index >= 15 is 0 Å². The van der Waals surface area contributed by atoms with Crippen LogP contribution in [0.4, 0.5) is 5.69 Å². The van der Waals surface area contributed by atoms with Crippen LogP contribution < -0.4 is 15.0 Å².